The minimum absolute atomic E-state index is 0.120. The van der Waals surface area contributed by atoms with Crippen molar-refractivity contribution in [3.63, 3.8) is 0 Å². The predicted octanol–water partition coefficient (Wildman–Crippen LogP) is 1.10. The van der Waals surface area contributed by atoms with Crippen molar-refractivity contribution in [1.29, 1.82) is 0 Å². The molecule has 3 rings (SSSR count). The Morgan fingerprint density at radius 1 is 1.56 bits per heavy atom. The van der Waals surface area contributed by atoms with Gasteiger partial charge < -0.3 is 14.5 Å². The van der Waals surface area contributed by atoms with Gasteiger partial charge in [0.1, 0.15) is 11.3 Å². The summed E-state index contributed by atoms with van der Waals surface area (Å²) in [4.78, 5) is 16.2. The zero-order chi connectivity index (χ0) is 12.4. The van der Waals surface area contributed by atoms with Crippen molar-refractivity contribution < 1.29 is 9.53 Å². The molecule has 0 unspecified atom stereocenters. The van der Waals surface area contributed by atoms with Crippen LogP contribution in [-0.2, 0) is 4.74 Å². The quantitative estimate of drug-likeness (QED) is 0.881. The number of pyridine rings is 1. The zero-order valence-electron chi connectivity index (χ0n) is 10.0. The first-order valence-electron chi connectivity index (χ1n) is 6.12. The first kappa shape index (κ1) is 11.2. The second-order valence-corrected chi connectivity index (χ2v) is 4.53. The van der Waals surface area contributed by atoms with Crippen LogP contribution in [0.15, 0.2) is 30.6 Å². The average Bonchev–Trinajstić information content (AvgIpc) is 3.04. The van der Waals surface area contributed by atoms with Crippen LogP contribution in [0.25, 0.3) is 5.65 Å². The molecule has 0 radical (unpaired) electrons. The smallest absolute Gasteiger partial charge is 0.271 e. The third-order valence-electron chi connectivity index (χ3n) is 3.17. The van der Waals surface area contributed by atoms with Crippen LogP contribution in [0.5, 0.6) is 0 Å². The maximum atomic E-state index is 11.9. The van der Waals surface area contributed by atoms with E-state index < -0.39 is 0 Å². The summed E-state index contributed by atoms with van der Waals surface area (Å²) >= 11 is 0. The molecule has 0 spiro atoms. The summed E-state index contributed by atoms with van der Waals surface area (Å²) in [7, 11) is 0. The third kappa shape index (κ3) is 2.22. The lowest BCUT2D eigenvalue weighted by Gasteiger charge is -2.07. The SMILES string of the molecule is O=C(NC[C@H]1CCOC1)c1cn2ccccc2n1. The van der Waals surface area contributed by atoms with Crippen LogP contribution in [0.4, 0.5) is 0 Å². The number of amides is 1. The van der Waals surface area contributed by atoms with Gasteiger partial charge in [-0.2, -0.15) is 0 Å². The number of ether oxygens (including phenoxy) is 1. The molecule has 1 N–H and O–H groups in total. The molecule has 1 fully saturated rings. The molecule has 3 heterocycles. The summed E-state index contributed by atoms with van der Waals surface area (Å²) in [6, 6.07) is 5.69. The van der Waals surface area contributed by atoms with Crippen LogP contribution in [0.2, 0.25) is 0 Å². The summed E-state index contributed by atoms with van der Waals surface area (Å²) in [5.41, 5.74) is 1.24. The molecule has 1 saturated heterocycles. The van der Waals surface area contributed by atoms with Crippen LogP contribution >= 0.6 is 0 Å². The van der Waals surface area contributed by atoms with Crippen LogP contribution in [0.3, 0.4) is 0 Å². The minimum Gasteiger partial charge on any atom is -0.381 e. The van der Waals surface area contributed by atoms with Gasteiger partial charge in [-0.05, 0) is 18.6 Å². The van der Waals surface area contributed by atoms with Crippen molar-refractivity contribution in [1.82, 2.24) is 14.7 Å². The lowest BCUT2D eigenvalue weighted by Crippen LogP contribution is -2.29. The zero-order valence-corrected chi connectivity index (χ0v) is 10.0. The van der Waals surface area contributed by atoms with Crippen LogP contribution in [-0.4, -0.2) is 35.1 Å². The Labute approximate surface area is 105 Å². The van der Waals surface area contributed by atoms with E-state index in [1.807, 2.05) is 28.8 Å². The number of imidazole rings is 1. The van der Waals surface area contributed by atoms with Crippen LogP contribution < -0.4 is 5.32 Å². The Bertz CT molecular complexity index is 525. The Morgan fingerprint density at radius 3 is 3.28 bits per heavy atom. The Hall–Kier alpha value is -1.88. The summed E-state index contributed by atoms with van der Waals surface area (Å²) in [5, 5.41) is 2.91. The topological polar surface area (TPSA) is 55.6 Å². The van der Waals surface area contributed by atoms with E-state index in [0.717, 1.165) is 25.3 Å². The number of nitrogens with zero attached hydrogens (tertiary/aromatic N) is 2. The molecule has 1 aliphatic heterocycles. The lowest BCUT2D eigenvalue weighted by molar-refractivity contribution is 0.0940. The first-order valence-corrected chi connectivity index (χ1v) is 6.12. The second-order valence-electron chi connectivity index (χ2n) is 4.53. The second kappa shape index (κ2) is 4.78. The number of hydrogen-bond donors (Lipinski definition) is 1. The molecule has 2 aromatic heterocycles. The highest BCUT2D eigenvalue weighted by Gasteiger charge is 2.17. The third-order valence-corrected chi connectivity index (χ3v) is 3.17. The van der Waals surface area contributed by atoms with Gasteiger partial charge in [-0.3, -0.25) is 4.79 Å². The summed E-state index contributed by atoms with van der Waals surface area (Å²) < 4.78 is 7.11. The number of fused-ring (bicyclic) bond motifs is 1. The van der Waals surface area contributed by atoms with Gasteiger partial charge in [0, 0.05) is 31.5 Å². The molecule has 5 heteroatoms. The number of carbonyl (C=O) groups is 1. The number of aromatic nitrogens is 2. The van der Waals surface area contributed by atoms with Gasteiger partial charge in [0.15, 0.2) is 0 Å². The van der Waals surface area contributed by atoms with E-state index in [1.165, 1.54) is 0 Å². The molecule has 0 aromatic carbocycles. The van der Waals surface area contributed by atoms with Gasteiger partial charge in [-0.15, -0.1) is 0 Å². The summed E-state index contributed by atoms with van der Waals surface area (Å²) in [6.45, 7) is 2.20. The van der Waals surface area contributed by atoms with Crippen molar-refractivity contribution in [2.24, 2.45) is 5.92 Å². The number of rotatable bonds is 3. The van der Waals surface area contributed by atoms with Crippen molar-refractivity contribution in [3.8, 4) is 0 Å². The number of hydrogen-bond acceptors (Lipinski definition) is 3. The van der Waals surface area contributed by atoms with E-state index in [9.17, 15) is 4.79 Å². The molecular weight excluding hydrogens is 230 g/mol. The predicted molar refractivity (Wildman–Crippen MR) is 66.5 cm³/mol. The van der Waals surface area contributed by atoms with Crippen LogP contribution in [0.1, 0.15) is 16.9 Å². The van der Waals surface area contributed by atoms with E-state index in [0.29, 0.717) is 18.2 Å². The van der Waals surface area contributed by atoms with Gasteiger partial charge >= 0.3 is 0 Å². The van der Waals surface area contributed by atoms with Gasteiger partial charge in [0.05, 0.1) is 6.61 Å². The Morgan fingerprint density at radius 2 is 2.50 bits per heavy atom. The Balaban J connectivity index is 1.67. The van der Waals surface area contributed by atoms with Crippen molar-refractivity contribution in [2.45, 2.75) is 6.42 Å². The molecule has 94 valence electrons. The highest BCUT2D eigenvalue weighted by molar-refractivity contribution is 5.92. The fourth-order valence-corrected chi connectivity index (χ4v) is 2.12. The molecule has 0 bridgehead atoms. The molecule has 1 atom stereocenters. The van der Waals surface area contributed by atoms with E-state index in [4.69, 9.17) is 4.74 Å². The fraction of sp³-hybridized carbons (Fsp3) is 0.385. The van der Waals surface area contributed by atoms with E-state index in [2.05, 4.69) is 10.3 Å². The molecule has 5 nitrogen and oxygen atoms in total. The highest BCUT2D eigenvalue weighted by atomic mass is 16.5. The standard InChI is InChI=1S/C13H15N3O2/c17-13(14-7-10-4-6-18-9-10)11-8-16-5-2-1-3-12(16)15-11/h1-3,5,8,10H,4,6-7,9H2,(H,14,17)/t10-/m1/s1. The molecule has 1 aliphatic rings. The maximum Gasteiger partial charge on any atom is 0.271 e. The monoisotopic (exact) mass is 245 g/mol. The highest BCUT2D eigenvalue weighted by Crippen LogP contribution is 2.11. The van der Waals surface area contributed by atoms with Gasteiger partial charge in [-0.25, -0.2) is 4.98 Å². The van der Waals surface area contributed by atoms with Gasteiger partial charge in [0.2, 0.25) is 0 Å². The van der Waals surface area contributed by atoms with E-state index in [-0.39, 0.29) is 5.91 Å². The molecule has 18 heavy (non-hydrogen) atoms. The lowest BCUT2D eigenvalue weighted by atomic mass is 10.1. The minimum atomic E-state index is -0.120. The van der Waals surface area contributed by atoms with Crippen LogP contribution in [0, 0.1) is 5.92 Å². The molecule has 2 aromatic rings. The Kier molecular flexibility index (Phi) is 2.98. The normalized spacial score (nSPS) is 19.2. The van der Waals surface area contributed by atoms with E-state index in [1.54, 1.807) is 6.20 Å². The maximum absolute atomic E-state index is 11.9. The molecule has 1 amide bonds. The summed E-state index contributed by atoms with van der Waals surface area (Å²) in [5.74, 6) is 0.316. The largest absolute Gasteiger partial charge is 0.381 e. The van der Waals surface area contributed by atoms with Crippen molar-refractivity contribution in [2.75, 3.05) is 19.8 Å². The van der Waals surface area contributed by atoms with Gasteiger partial charge in [0.25, 0.3) is 5.91 Å². The molecular formula is C13H15N3O2. The first-order chi connectivity index (χ1) is 8.83. The van der Waals surface area contributed by atoms with E-state index >= 15 is 0 Å². The summed E-state index contributed by atoms with van der Waals surface area (Å²) in [6.07, 6.45) is 4.64. The average molecular weight is 245 g/mol. The van der Waals surface area contributed by atoms with Crippen molar-refractivity contribution >= 4 is 11.6 Å². The molecule has 0 saturated carbocycles. The van der Waals surface area contributed by atoms with Gasteiger partial charge in [-0.1, -0.05) is 6.07 Å². The molecule has 0 aliphatic carbocycles. The fourth-order valence-electron chi connectivity index (χ4n) is 2.12. The van der Waals surface area contributed by atoms with Crippen molar-refractivity contribution in [3.05, 3.63) is 36.3 Å². The number of carbonyl (C=O) groups excluding carboxylic acids is 1. The number of nitrogens with one attached hydrogen (secondary N) is 1.